The Hall–Kier alpha value is -1.90. The fraction of sp³-hybridized carbons (Fsp3) is 0.522. The van der Waals surface area contributed by atoms with E-state index in [1.165, 1.54) is 5.56 Å². The zero-order chi connectivity index (χ0) is 22.2. The Kier molecular flexibility index (Phi) is 8.92. The van der Waals surface area contributed by atoms with Gasteiger partial charge in [0.25, 0.3) is 5.91 Å². The van der Waals surface area contributed by atoms with Crippen LogP contribution in [0.1, 0.15) is 41.9 Å². The van der Waals surface area contributed by atoms with Crippen molar-refractivity contribution < 1.29 is 9.59 Å². The molecule has 0 spiro atoms. The second-order valence-electron chi connectivity index (χ2n) is 7.73. The monoisotopic (exact) mass is 460 g/mol. The van der Waals surface area contributed by atoms with Crippen molar-refractivity contribution in [3.63, 3.8) is 0 Å². The van der Waals surface area contributed by atoms with E-state index in [1.54, 1.807) is 23.1 Å². The lowest BCUT2D eigenvalue weighted by Crippen LogP contribution is -2.42. The van der Waals surface area contributed by atoms with Crippen LogP contribution in [0.3, 0.4) is 0 Å². The number of hydrogen-bond acceptors (Lipinski definition) is 6. The van der Waals surface area contributed by atoms with Crippen molar-refractivity contribution in [1.82, 2.24) is 19.7 Å². The summed E-state index contributed by atoms with van der Waals surface area (Å²) in [5, 5.41) is 2.06. The zero-order valence-electron chi connectivity index (χ0n) is 18.7. The number of carbonyl (C=O) groups is 2. The molecule has 1 aromatic heterocycles. The zero-order valence-corrected chi connectivity index (χ0v) is 20.3. The number of benzene rings is 1. The summed E-state index contributed by atoms with van der Waals surface area (Å²) in [5.41, 5.74) is 2.97. The molecule has 0 bridgehead atoms. The number of rotatable bonds is 8. The van der Waals surface area contributed by atoms with Crippen molar-refractivity contribution in [2.75, 3.05) is 45.8 Å². The van der Waals surface area contributed by atoms with Crippen LogP contribution < -0.4 is 0 Å². The third-order valence-corrected chi connectivity index (χ3v) is 7.72. The Morgan fingerprint density at radius 3 is 2.48 bits per heavy atom. The minimum absolute atomic E-state index is 0.0756. The number of likely N-dealkylation sites (N-methyl/N-ethyl adjacent to an activating group) is 1. The average molecular weight is 461 g/mol. The van der Waals surface area contributed by atoms with Crippen LogP contribution in [0.4, 0.5) is 0 Å². The third kappa shape index (κ3) is 6.79. The summed E-state index contributed by atoms with van der Waals surface area (Å²) in [7, 11) is 0. The summed E-state index contributed by atoms with van der Waals surface area (Å²) in [6, 6.07) is 7.93. The smallest absolute Gasteiger partial charge is 0.253 e. The quantitative estimate of drug-likeness (QED) is 0.562. The Morgan fingerprint density at radius 1 is 1.10 bits per heavy atom. The molecule has 8 heteroatoms. The van der Waals surface area contributed by atoms with Crippen molar-refractivity contribution in [3.8, 4) is 0 Å². The molecule has 168 valence electrons. The summed E-state index contributed by atoms with van der Waals surface area (Å²) < 4.78 is 1.08. The summed E-state index contributed by atoms with van der Waals surface area (Å²) in [5.74, 6) is 1.10. The molecule has 0 aliphatic carbocycles. The van der Waals surface area contributed by atoms with E-state index < -0.39 is 0 Å². The molecule has 2 amide bonds. The predicted molar refractivity (Wildman–Crippen MR) is 128 cm³/mol. The molecule has 31 heavy (non-hydrogen) atoms. The van der Waals surface area contributed by atoms with E-state index in [1.807, 2.05) is 54.8 Å². The number of amides is 2. The standard InChI is InChI=1S/C23H32N4O2S2/c1-4-26(5-2)21(28)15-25-11-6-12-27(14-13-25)22(29)20-9-7-19(8-10-20)17-31-23-24-18(3)16-30-23/h7-10,16H,4-6,11-15,17H2,1-3H3. The predicted octanol–water partition coefficient (Wildman–Crippen LogP) is 3.76. The number of aryl methyl sites for hydroxylation is 1. The van der Waals surface area contributed by atoms with Gasteiger partial charge in [0.05, 0.1) is 6.54 Å². The fourth-order valence-electron chi connectivity index (χ4n) is 3.67. The van der Waals surface area contributed by atoms with Crippen LogP contribution in [0.15, 0.2) is 34.0 Å². The van der Waals surface area contributed by atoms with E-state index >= 15 is 0 Å². The van der Waals surface area contributed by atoms with Gasteiger partial charge < -0.3 is 9.80 Å². The van der Waals surface area contributed by atoms with Gasteiger partial charge in [-0.2, -0.15) is 0 Å². The van der Waals surface area contributed by atoms with Gasteiger partial charge in [-0.1, -0.05) is 23.9 Å². The first-order valence-corrected chi connectivity index (χ1v) is 12.8. The molecule has 0 radical (unpaired) electrons. The molecule has 3 rings (SSSR count). The molecule has 2 aromatic rings. The van der Waals surface area contributed by atoms with Gasteiger partial charge in [-0.05, 0) is 44.9 Å². The van der Waals surface area contributed by atoms with Crippen LogP contribution >= 0.6 is 23.1 Å². The number of thiazole rings is 1. The van der Waals surface area contributed by atoms with Gasteiger partial charge in [-0.15, -0.1) is 11.3 Å². The summed E-state index contributed by atoms with van der Waals surface area (Å²) >= 11 is 3.39. The number of thioether (sulfide) groups is 1. The van der Waals surface area contributed by atoms with E-state index in [2.05, 4.69) is 15.3 Å². The normalized spacial score (nSPS) is 15.0. The maximum absolute atomic E-state index is 13.0. The van der Waals surface area contributed by atoms with E-state index in [9.17, 15) is 9.59 Å². The Bertz CT molecular complexity index is 865. The number of carbonyl (C=O) groups excluding carboxylic acids is 2. The second-order valence-corrected chi connectivity index (χ2v) is 9.81. The first-order chi connectivity index (χ1) is 15.0. The fourth-order valence-corrected chi connectivity index (χ4v) is 5.47. The van der Waals surface area contributed by atoms with Crippen LogP contribution in [0.25, 0.3) is 0 Å². The minimum atomic E-state index is 0.0756. The van der Waals surface area contributed by atoms with E-state index in [0.29, 0.717) is 13.1 Å². The topological polar surface area (TPSA) is 56.8 Å². The van der Waals surface area contributed by atoms with Crippen molar-refractivity contribution in [2.24, 2.45) is 0 Å². The first-order valence-electron chi connectivity index (χ1n) is 10.9. The highest BCUT2D eigenvalue weighted by Crippen LogP contribution is 2.26. The highest BCUT2D eigenvalue weighted by atomic mass is 32.2. The van der Waals surface area contributed by atoms with E-state index in [-0.39, 0.29) is 11.8 Å². The minimum Gasteiger partial charge on any atom is -0.342 e. The molecule has 6 nitrogen and oxygen atoms in total. The molecule has 1 saturated heterocycles. The number of hydrogen-bond donors (Lipinski definition) is 0. The van der Waals surface area contributed by atoms with Crippen molar-refractivity contribution in [3.05, 3.63) is 46.5 Å². The molecule has 2 heterocycles. The first kappa shape index (κ1) is 23.8. The molecular weight excluding hydrogens is 428 g/mol. The summed E-state index contributed by atoms with van der Waals surface area (Å²) in [6.07, 6.45) is 0.888. The SMILES string of the molecule is CCN(CC)C(=O)CN1CCCN(C(=O)c2ccc(CSc3nc(C)cs3)cc2)CC1. The molecular formula is C23H32N4O2S2. The van der Waals surface area contributed by atoms with Gasteiger partial charge in [-0.3, -0.25) is 14.5 Å². The van der Waals surface area contributed by atoms with Gasteiger partial charge in [-0.25, -0.2) is 4.98 Å². The molecule has 1 aromatic carbocycles. The highest BCUT2D eigenvalue weighted by molar-refractivity contribution is 8.00. The molecule has 0 N–H and O–H groups in total. The van der Waals surface area contributed by atoms with Crippen LogP contribution in [0, 0.1) is 6.92 Å². The molecule has 1 aliphatic rings. The van der Waals surface area contributed by atoms with Crippen molar-refractivity contribution in [2.45, 2.75) is 37.3 Å². The van der Waals surface area contributed by atoms with Gasteiger partial charge in [0, 0.05) is 61.7 Å². The van der Waals surface area contributed by atoms with Crippen LogP contribution in [-0.4, -0.2) is 77.3 Å². The van der Waals surface area contributed by atoms with Crippen molar-refractivity contribution >= 4 is 34.9 Å². The van der Waals surface area contributed by atoms with Gasteiger partial charge in [0.1, 0.15) is 4.34 Å². The average Bonchev–Trinajstić information content (AvgIpc) is 3.05. The molecule has 0 saturated carbocycles. The largest absolute Gasteiger partial charge is 0.342 e. The van der Waals surface area contributed by atoms with Gasteiger partial charge in [0.15, 0.2) is 0 Å². The van der Waals surface area contributed by atoms with Crippen molar-refractivity contribution in [1.29, 1.82) is 0 Å². The van der Waals surface area contributed by atoms with Crippen LogP contribution in [0.5, 0.6) is 0 Å². The molecule has 0 atom stereocenters. The van der Waals surface area contributed by atoms with Crippen LogP contribution in [0.2, 0.25) is 0 Å². The maximum Gasteiger partial charge on any atom is 0.253 e. The van der Waals surface area contributed by atoms with E-state index in [0.717, 1.165) is 60.5 Å². The lowest BCUT2D eigenvalue weighted by molar-refractivity contribution is -0.132. The number of aromatic nitrogens is 1. The molecule has 1 aliphatic heterocycles. The summed E-state index contributed by atoms with van der Waals surface area (Å²) in [6.45, 7) is 10.9. The summed E-state index contributed by atoms with van der Waals surface area (Å²) in [4.78, 5) is 35.8. The Morgan fingerprint density at radius 2 is 1.84 bits per heavy atom. The lowest BCUT2D eigenvalue weighted by atomic mass is 10.1. The molecule has 1 fully saturated rings. The Labute approximate surface area is 193 Å². The molecule has 0 unspecified atom stereocenters. The second kappa shape index (κ2) is 11.6. The lowest BCUT2D eigenvalue weighted by Gasteiger charge is -2.25. The van der Waals surface area contributed by atoms with Gasteiger partial charge >= 0.3 is 0 Å². The van der Waals surface area contributed by atoms with E-state index in [4.69, 9.17) is 0 Å². The highest BCUT2D eigenvalue weighted by Gasteiger charge is 2.22. The third-order valence-electron chi connectivity index (χ3n) is 5.51. The van der Waals surface area contributed by atoms with Gasteiger partial charge in [0.2, 0.25) is 5.91 Å². The van der Waals surface area contributed by atoms with Crippen LogP contribution in [-0.2, 0) is 10.5 Å². The number of nitrogens with zero attached hydrogens (tertiary/aromatic N) is 4. The Balaban J connectivity index is 1.51. The maximum atomic E-state index is 13.0.